The van der Waals surface area contributed by atoms with Gasteiger partial charge in [0.2, 0.25) is 0 Å². The van der Waals surface area contributed by atoms with Crippen LogP contribution in [0.15, 0.2) is 24.3 Å². The topological polar surface area (TPSA) is 50.8 Å². The average molecular weight is 363 g/mol. The first-order valence-electron chi connectivity index (χ1n) is 9.75. The molecule has 1 N–H and O–H groups in total. The van der Waals surface area contributed by atoms with Crippen LogP contribution in [0.25, 0.3) is 0 Å². The molecule has 0 aliphatic carbocycles. The highest BCUT2D eigenvalue weighted by molar-refractivity contribution is 5.97. The van der Waals surface area contributed by atoms with E-state index in [9.17, 15) is 4.79 Å². The van der Waals surface area contributed by atoms with Gasteiger partial charge in [-0.3, -0.25) is 9.69 Å². The molecule has 0 saturated carbocycles. The molecule has 0 unspecified atom stereocenters. The number of nitrogens with zero attached hydrogens (tertiary/aromatic N) is 1. The first-order valence-corrected chi connectivity index (χ1v) is 9.75. The summed E-state index contributed by atoms with van der Waals surface area (Å²) in [6.07, 6.45) is 4.62. The predicted molar refractivity (Wildman–Crippen MR) is 106 cm³/mol. The molecule has 1 amide bonds. The van der Waals surface area contributed by atoms with Crippen LogP contribution >= 0.6 is 0 Å². The molecule has 2 rings (SSSR count). The molecule has 0 radical (unpaired) electrons. The zero-order valence-electron chi connectivity index (χ0n) is 16.7. The fourth-order valence-corrected chi connectivity index (χ4v) is 3.42. The number of carbonyl (C=O) groups excluding carboxylic acids is 1. The summed E-state index contributed by atoms with van der Waals surface area (Å²) in [5, 5.41) is 2.95. The molecule has 1 saturated heterocycles. The van der Waals surface area contributed by atoms with Gasteiger partial charge in [0.1, 0.15) is 18.0 Å². The van der Waals surface area contributed by atoms with Crippen molar-refractivity contribution in [3.8, 4) is 5.75 Å². The molecule has 1 aliphatic rings. The number of methoxy groups -OCH3 is 1. The highest BCUT2D eigenvalue weighted by atomic mass is 16.5. The van der Waals surface area contributed by atoms with Gasteiger partial charge in [0.05, 0.1) is 0 Å². The van der Waals surface area contributed by atoms with Crippen molar-refractivity contribution in [3.05, 3.63) is 24.3 Å². The summed E-state index contributed by atoms with van der Waals surface area (Å²) < 4.78 is 11.3. The fourth-order valence-electron chi connectivity index (χ4n) is 3.42. The maximum Gasteiger partial charge on any atom is 0.256 e. The Kier molecular flexibility index (Phi) is 7.91. The average Bonchev–Trinajstić information content (AvgIpc) is 2.63. The summed E-state index contributed by atoms with van der Waals surface area (Å²) in [6.45, 7) is 10.0. The largest absolute Gasteiger partial charge is 0.492 e. The van der Waals surface area contributed by atoms with Crippen molar-refractivity contribution in [1.82, 2.24) is 4.90 Å². The SMILES string of the molecule is CO[C@@](C)(CC(C)C)C(=O)Nc1ccc(OCCN2CCCCC2)cc1. The van der Waals surface area contributed by atoms with E-state index in [-0.39, 0.29) is 5.91 Å². The molecule has 1 aromatic carbocycles. The van der Waals surface area contributed by atoms with Crippen LogP contribution in [-0.2, 0) is 9.53 Å². The van der Waals surface area contributed by atoms with Crippen LogP contribution < -0.4 is 10.1 Å². The normalized spacial score (nSPS) is 17.7. The molecule has 0 aromatic heterocycles. The zero-order valence-corrected chi connectivity index (χ0v) is 16.7. The third-order valence-electron chi connectivity index (χ3n) is 4.97. The molecule has 26 heavy (non-hydrogen) atoms. The van der Waals surface area contributed by atoms with Gasteiger partial charge in [0, 0.05) is 19.3 Å². The lowest BCUT2D eigenvalue weighted by Crippen LogP contribution is -2.43. The molecule has 5 heteroatoms. The number of amides is 1. The fraction of sp³-hybridized carbons (Fsp3) is 0.667. The summed E-state index contributed by atoms with van der Waals surface area (Å²) in [5.41, 5.74) is -0.0666. The van der Waals surface area contributed by atoms with Crippen LogP contribution in [0.1, 0.15) is 46.5 Å². The van der Waals surface area contributed by atoms with Crippen molar-refractivity contribution in [3.63, 3.8) is 0 Å². The van der Waals surface area contributed by atoms with E-state index in [1.54, 1.807) is 7.11 Å². The molecule has 1 atom stereocenters. The number of benzene rings is 1. The Bertz CT molecular complexity index is 553. The maximum absolute atomic E-state index is 12.6. The number of piperidine rings is 1. The van der Waals surface area contributed by atoms with Crippen LogP contribution in [0.5, 0.6) is 5.75 Å². The van der Waals surface area contributed by atoms with Crippen molar-refractivity contribution in [2.75, 3.05) is 38.7 Å². The number of nitrogens with one attached hydrogen (secondary N) is 1. The first-order chi connectivity index (χ1) is 12.4. The smallest absolute Gasteiger partial charge is 0.256 e. The summed E-state index contributed by atoms with van der Waals surface area (Å²) in [7, 11) is 1.58. The van der Waals surface area contributed by atoms with Gasteiger partial charge in [-0.15, -0.1) is 0 Å². The third kappa shape index (κ3) is 6.29. The molecule has 0 spiro atoms. The molecule has 1 heterocycles. The number of rotatable bonds is 9. The van der Waals surface area contributed by atoms with E-state index in [2.05, 4.69) is 24.1 Å². The lowest BCUT2D eigenvalue weighted by atomic mass is 9.93. The minimum atomic E-state index is -0.822. The van der Waals surface area contributed by atoms with Gasteiger partial charge in [-0.25, -0.2) is 0 Å². The van der Waals surface area contributed by atoms with Crippen LogP contribution in [0.4, 0.5) is 5.69 Å². The van der Waals surface area contributed by atoms with Crippen LogP contribution in [0.3, 0.4) is 0 Å². The van der Waals surface area contributed by atoms with Gasteiger partial charge in [-0.2, -0.15) is 0 Å². The highest BCUT2D eigenvalue weighted by Crippen LogP contribution is 2.23. The van der Waals surface area contributed by atoms with Crippen molar-refractivity contribution in [2.45, 2.75) is 52.1 Å². The van der Waals surface area contributed by atoms with Gasteiger partial charge in [0.25, 0.3) is 5.91 Å². The van der Waals surface area contributed by atoms with Crippen LogP contribution in [0, 0.1) is 5.92 Å². The summed E-state index contributed by atoms with van der Waals surface area (Å²) >= 11 is 0. The quantitative estimate of drug-likeness (QED) is 0.723. The lowest BCUT2D eigenvalue weighted by Gasteiger charge is -2.28. The van der Waals surface area contributed by atoms with E-state index < -0.39 is 5.60 Å². The van der Waals surface area contributed by atoms with E-state index in [0.717, 1.165) is 18.0 Å². The third-order valence-corrected chi connectivity index (χ3v) is 4.97. The van der Waals surface area contributed by atoms with Gasteiger partial charge in [-0.05, 0) is 69.5 Å². The predicted octanol–water partition coefficient (Wildman–Crippen LogP) is 3.94. The van der Waals surface area contributed by atoms with Crippen molar-refractivity contribution in [1.29, 1.82) is 0 Å². The highest BCUT2D eigenvalue weighted by Gasteiger charge is 2.33. The number of carbonyl (C=O) groups is 1. The molecule has 1 aromatic rings. The van der Waals surface area contributed by atoms with E-state index in [4.69, 9.17) is 9.47 Å². The van der Waals surface area contributed by atoms with Crippen molar-refractivity contribution >= 4 is 11.6 Å². The first kappa shape index (κ1) is 20.7. The molecule has 5 nitrogen and oxygen atoms in total. The van der Waals surface area contributed by atoms with Gasteiger partial charge < -0.3 is 14.8 Å². The number of ether oxygens (including phenoxy) is 2. The maximum atomic E-state index is 12.6. The Hall–Kier alpha value is -1.59. The van der Waals surface area contributed by atoms with Crippen molar-refractivity contribution < 1.29 is 14.3 Å². The van der Waals surface area contributed by atoms with E-state index in [0.29, 0.717) is 18.9 Å². The second kappa shape index (κ2) is 9.93. The summed E-state index contributed by atoms with van der Waals surface area (Å²) in [6, 6.07) is 7.55. The monoisotopic (exact) mass is 362 g/mol. The molecule has 1 aliphatic heterocycles. The second-order valence-electron chi connectivity index (χ2n) is 7.76. The minimum Gasteiger partial charge on any atom is -0.492 e. The lowest BCUT2D eigenvalue weighted by molar-refractivity contribution is -0.137. The standard InChI is InChI=1S/C21H34N2O3/c1-17(2)16-21(3,25-4)20(24)22-18-8-10-19(11-9-18)26-15-14-23-12-6-5-7-13-23/h8-11,17H,5-7,12-16H2,1-4H3,(H,22,24)/t21-/m0/s1. The number of hydrogen-bond donors (Lipinski definition) is 1. The number of anilines is 1. The van der Waals surface area contributed by atoms with Gasteiger partial charge >= 0.3 is 0 Å². The molecular formula is C21H34N2O3. The Morgan fingerprint density at radius 1 is 1.19 bits per heavy atom. The Morgan fingerprint density at radius 2 is 1.85 bits per heavy atom. The van der Waals surface area contributed by atoms with E-state index >= 15 is 0 Å². The molecule has 1 fully saturated rings. The number of likely N-dealkylation sites (tertiary alicyclic amines) is 1. The number of hydrogen-bond acceptors (Lipinski definition) is 4. The minimum absolute atomic E-state index is 0.118. The summed E-state index contributed by atoms with van der Waals surface area (Å²) in [4.78, 5) is 15.0. The Morgan fingerprint density at radius 3 is 2.42 bits per heavy atom. The second-order valence-corrected chi connectivity index (χ2v) is 7.76. The molecule has 146 valence electrons. The molecule has 0 bridgehead atoms. The zero-order chi connectivity index (χ0) is 19.0. The van der Waals surface area contributed by atoms with E-state index in [1.807, 2.05) is 31.2 Å². The van der Waals surface area contributed by atoms with Crippen molar-refractivity contribution in [2.24, 2.45) is 5.92 Å². The van der Waals surface area contributed by atoms with Crippen LogP contribution in [-0.4, -0.2) is 49.8 Å². The Balaban J connectivity index is 1.81. The Labute approximate surface area is 158 Å². The van der Waals surface area contributed by atoms with Crippen LogP contribution in [0.2, 0.25) is 0 Å². The van der Waals surface area contributed by atoms with Gasteiger partial charge in [0.15, 0.2) is 0 Å². The van der Waals surface area contributed by atoms with Gasteiger partial charge in [-0.1, -0.05) is 20.3 Å². The van der Waals surface area contributed by atoms with E-state index in [1.165, 1.54) is 32.4 Å². The molecular weight excluding hydrogens is 328 g/mol. The summed E-state index contributed by atoms with van der Waals surface area (Å²) in [5.74, 6) is 1.09.